The molecule has 1 heterocycles. The van der Waals surface area contributed by atoms with Crippen LogP contribution in [0.3, 0.4) is 0 Å². The van der Waals surface area contributed by atoms with E-state index in [9.17, 15) is 4.79 Å². The maximum atomic E-state index is 11.6. The van der Waals surface area contributed by atoms with Gasteiger partial charge in [0, 0.05) is 22.5 Å². The second-order valence-corrected chi connectivity index (χ2v) is 5.87. The molecule has 0 bridgehead atoms. The van der Waals surface area contributed by atoms with Crippen LogP contribution in [0.4, 0.5) is 0 Å². The Balaban J connectivity index is 2.13. The van der Waals surface area contributed by atoms with Gasteiger partial charge in [-0.3, -0.25) is 4.79 Å². The van der Waals surface area contributed by atoms with Gasteiger partial charge in [-0.25, -0.2) is 4.98 Å². The predicted molar refractivity (Wildman–Crippen MR) is 84.6 cm³/mol. The molecule has 0 aliphatic rings. The zero-order chi connectivity index (χ0) is 15.2. The average molecular weight is 320 g/mol. The molecule has 0 fully saturated rings. The van der Waals surface area contributed by atoms with Crippen LogP contribution < -0.4 is 5.56 Å². The summed E-state index contributed by atoms with van der Waals surface area (Å²) < 4.78 is 0. The largest absolute Gasteiger partial charge is 0.301 e. The van der Waals surface area contributed by atoms with Gasteiger partial charge in [-0.15, -0.1) is 0 Å². The number of halogens is 1. The minimum atomic E-state index is -0.137. The number of nitriles is 1. The Morgan fingerprint density at radius 1 is 1.43 bits per heavy atom. The fourth-order valence-corrected chi connectivity index (χ4v) is 3.04. The number of benzene rings is 1. The van der Waals surface area contributed by atoms with Crippen LogP contribution in [0.2, 0.25) is 5.02 Å². The zero-order valence-corrected chi connectivity index (χ0v) is 13.1. The van der Waals surface area contributed by atoms with E-state index in [-0.39, 0.29) is 5.56 Å². The third-order valence-corrected chi connectivity index (χ3v) is 4.10. The maximum Gasteiger partial charge on any atom is 0.251 e. The number of aryl methyl sites for hydroxylation is 1. The molecule has 108 valence electrons. The van der Waals surface area contributed by atoms with Crippen LogP contribution in [-0.2, 0) is 12.2 Å². The lowest BCUT2D eigenvalue weighted by Gasteiger charge is -2.05. The highest BCUT2D eigenvalue weighted by molar-refractivity contribution is 7.98. The molecule has 0 radical (unpaired) electrons. The third-order valence-electron chi connectivity index (χ3n) is 2.83. The first-order valence-corrected chi connectivity index (χ1v) is 7.90. The van der Waals surface area contributed by atoms with Crippen molar-refractivity contribution in [1.29, 1.82) is 5.26 Å². The smallest absolute Gasteiger partial charge is 0.251 e. The van der Waals surface area contributed by atoms with Gasteiger partial charge >= 0.3 is 0 Å². The van der Waals surface area contributed by atoms with Crippen molar-refractivity contribution in [2.24, 2.45) is 0 Å². The highest BCUT2D eigenvalue weighted by Gasteiger charge is 2.06. The number of aromatic nitrogens is 2. The number of aromatic amines is 1. The van der Waals surface area contributed by atoms with Crippen molar-refractivity contribution in [3.8, 4) is 6.07 Å². The van der Waals surface area contributed by atoms with Gasteiger partial charge in [0.25, 0.3) is 5.56 Å². The van der Waals surface area contributed by atoms with E-state index in [1.807, 2.05) is 19.1 Å². The lowest BCUT2D eigenvalue weighted by atomic mass is 10.2. The van der Waals surface area contributed by atoms with Crippen LogP contribution in [0.5, 0.6) is 0 Å². The van der Waals surface area contributed by atoms with Gasteiger partial charge < -0.3 is 4.98 Å². The van der Waals surface area contributed by atoms with Gasteiger partial charge in [-0.1, -0.05) is 42.8 Å². The number of nitrogens with one attached hydrogen (secondary N) is 1. The molecular weight excluding hydrogens is 306 g/mol. The molecule has 21 heavy (non-hydrogen) atoms. The summed E-state index contributed by atoms with van der Waals surface area (Å²) in [7, 11) is 0. The number of rotatable bonds is 5. The Morgan fingerprint density at radius 3 is 2.90 bits per heavy atom. The lowest BCUT2D eigenvalue weighted by Crippen LogP contribution is -2.10. The summed E-state index contributed by atoms with van der Waals surface area (Å²) in [6.45, 7) is 2.05. The van der Waals surface area contributed by atoms with Crippen molar-refractivity contribution in [2.75, 3.05) is 0 Å². The molecule has 0 unspecified atom stereocenters. The van der Waals surface area contributed by atoms with E-state index in [2.05, 4.69) is 9.97 Å². The Kier molecular flexibility index (Phi) is 5.43. The van der Waals surface area contributed by atoms with Crippen molar-refractivity contribution in [1.82, 2.24) is 9.97 Å². The average Bonchev–Trinajstić information content (AvgIpc) is 2.45. The van der Waals surface area contributed by atoms with Crippen LogP contribution in [0.1, 0.15) is 30.2 Å². The molecule has 0 saturated carbocycles. The summed E-state index contributed by atoms with van der Waals surface area (Å²) in [6.07, 6.45) is 1.73. The molecule has 0 aliphatic heterocycles. The standard InChI is InChI=1S/C15H14ClN3OS/c1-2-3-12-7-14(20)19-15(18-12)21-9-11-5-4-10(8-17)6-13(11)16/h4-7H,2-3,9H2,1H3,(H,18,19,20). The molecule has 0 saturated heterocycles. The van der Waals surface area contributed by atoms with E-state index in [0.717, 1.165) is 24.1 Å². The van der Waals surface area contributed by atoms with Gasteiger partial charge in [-0.2, -0.15) is 5.26 Å². The Bertz CT molecular complexity index is 736. The quantitative estimate of drug-likeness (QED) is 0.676. The summed E-state index contributed by atoms with van der Waals surface area (Å²) in [5, 5.41) is 9.95. The van der Waals surface area contributed by atoms with Gasteiger partial charge in [0.1, 0.15) is 0 Å². The normalized spacial score (nSPS) is 10.3. The van der Waals surface area contributed by atoms with Crippen molar-refractivity contribution in [3.05, 3.63) is 56.5 Å². The van der Waals surface area contributed by atoms with Crippen LogP contribution in [0.25, 0.3) is 0 Å². The molecule has 2 rings (SSSR count). The van der Waals surface area contributed by atoms with E-state index < -0.39 is 0 Å². The van der Waals surface area contributed by atoms with E-state index >= 15 is 0 Å². The maximum absolute atomic E-state index is 11.6. The molecule has 1 N–H and O–H groups in total. The molecule has 6 heteroatoms. The van der Waals surface area contributed by atoms with Crippen LogP contribution in [0.15, 0.2) is 34.2 Å². The van der Waals surface area contributed by atoms with E-state index in [4.69, 9.17) is 16.9 Å². The van der Waals surface area contributed by atoms with E-state index in [0.29, 0.717) is 21.5 Å². The third kappa shape index (κ3) is 4.35. The highest BCUT2D eigenvalue weighted by atomic mass is 35.5. The number of H-pyrrole nitrogens is 1. The van der Waals surface area contributed by atoms with Crippen molar-refractivity contribution < 1.29 is 0 Å². The van der Waals surface area contributed by atoms with E-state index in [1.54, 1.807) is 12.1 Å². The molecule has 2 aromatic rings. The fourth-order valence-electron chi connectivity index (χ4n) is 1.82. The van der Waals surface area contributed by atoms with Crippen molar-refractivity contribution in [2.45, 2.75) is 30.7 Å². The van der Waals surface area contributed by atoms with Gasteiger partial charge in [-0.05, 0) is 24.1 Å². The van der Waals surface area contributed by atoms with Crippen molar-refractivity contribution >= 4 is 23.4 Å². The number of hydrogen-bond donors (Lipinski definition) is 1. The van der Waals surface area contributed by atoms with Gasteiger partial charge in [0.2, 0.25) is 0 Å². The summed E-state index contributed by atoms with van der Waals surface area (Å²) >= 11 is 7.55. The monoisotopic (exact) mass is 319 g/mol. The lowest BCUT2D eigenvalue weighted by molar-refractivity contribution is 0.816. The first-order valence-electron chi connectivity index (χ1n) is 6.54. The summed E-state index contributed by atoms with van der Waals surface area (Å²) in [6, 6.07) is 8.77. The first kappa shape index (κ1) is 15.6. The summed E-state index contributed by atoms with van der Waals surface area (Å²) in [5.74, 6) is 0.586. The Morgan fingerprint density at radius 2 is 2.24 bits per heavy atom. The second kappa shape index (κ2) is 7.30. The molecule has 0 spiro atoms. The van der Waals surface area contributed by atoms with Crippen LogP contribution >= 0.6 is 23.4 Å². The topological polar surface area (TPSA) is 69.5 Å². The summed E-state index contributed by atoms with van der Waals surface area (Å²) in [4.78, 5) is 18.7. The van der Waals surface area contributed by atoms with Crippen LogP contribution in [0, 0.1) is 11.3 Å². The number of nitrogens with zero attached hydrogens (tertiary/aromatic N) is 2. The molecule has 0 atom stereocenters. The number of thioether (sulfide) groups is 1. The summed E-state index contributed by atoms with van der Waals surface area (Å²) in [5.41, 5.74) is 2.10. The first-order chi connectivity index (χ1) is 10.1. The molecule has 0 amide bonds. The molecule has 1 aromatic carbocycles. The van der Waals surface area contributed by atoms with Crippen LogP contribution in [-0.4, -0.2) is 9.97 Å². The second-order valence-electron chi connectivity index (χ2n) is 4.50. The SMILES string of the molecule is CCCc1cc(=O)[nH]c(SCc2ccc(C#N)cc2Cl)n1. The Hall–Kier alpha value is -1.77. The molecular formula is C15H14ClN3OS. The molecule has 4 nitrogen and oxygen atoms in total. The minimum absolute atomic E-state index is 0.137. The molecule has 0 aliphatic carbocycles. The minimum Gasteiger partial charge on any atom is -0.301 e. The van der Waals surface area contributed by atoms with Crippen molar-refractivity contribution in [3.63, 3.8) is 0 Å². The highest BCUT2D eigenvalue weighted by Crippen LogP contribution is 2.25. The van der Waals surface area contributed by atoms with Gasteiger partial charge in [0.05, 0.1) is 11.6 Å². The Labute approximate surface area is 132 Å². The van der Waals surface area contributed by atoms with Gasteiger partial charge in [0.15, 0.2) is 5.16 Å². The fraction of sp³-hybridized carbons (Fsp3) is 0.267. The predicted octanol–water partition coefficient (Wildman–Crippen LogP) is 3.54. The number of hydrogen-bond acceptors (Lipinski definition) is 4. The molecule has 1 aromatic heterocycles. The zero-order valence-electron chi connectivity index (χ0n) is 11.5. The van der Waals surface area contributed by atoms with E-state index in [1.165, 1.54) is 17.8 Å².